The SMILES string of the molecule is Nc1nonc1C(=O)N1CCCN(C(=O)[NH][Al])CCC1. The van der Waals surface area contributed by atoms with Crippen molar-refractivity contribution in [3.63, 3.8) is 0 Å². The van der Waals surface area contributed by atoms with E-state index >= 15 is 0 Å². The van der Waals surface area contributed by atoms with E-state index in [-0.39, 0.29) is 23.5 Å². The Morgan fingerprint density at radius 1 is 1.15 bits per heavy atom. The average molecular weight is 294 g/mol. The quantitative estimate of drug-likeness (QED) is 0.640. The van der Waals surface area contributed by atoms with Crippen molar-refractivity contribution in [2.75, 3.05) is 31.9 Å². The zero-order valence-electron chi connectivity index (χ0n) is 10.9. The topological polar surface area (TPSA) is 118 Å². The number of anilines is 1. The average Bonchev–Trinajstić information content (AvgIpc) is 2.83. The molecule has 0 aromatic carbocycles. The van der Waals surface area contributed by atoms with E-state index in [2.05, 4.69) is 35.8 Å². The van der Waals surface area contributed by atoms with E-state index < -0.39 is 0 Å². The number of nitrogens with two attached hydrogens (primary N) is 1. The van der Waals surface area contributed by atoms with Crippen LogP contribution in [-0.2, 0) is 0 Å². The van der Waals surface area contributed by atoms with Crippen LogP contribution in [-0.4, -0.2) is 74.7 Å². The Morgan fingerprint density at radius 2 is 1.75 bits per heavy atom. The van der Waals surface area contributed by atoms with Gasteiger partial charge in [-0.05, 0) is 23.2 Å². The fourth-order valence-corrected chi connectivity index (χ4v) is 2.30. The number of amides is 3. The van der Waals surface area contributed by atoms with Gasteiger partial charge in [-0.2, -0.15) is 0 Å². The molecule has 0 saturated carbocycles. The Kier molecular flexibility index (Phi) is 4.81. The van der Waals surface area contributed by atoms with Gasteiger partial charge in [-0.25, -0.2) is 4.63 Å². The van der Waals surface area contributed by atoms with Crippen LogP contribution in [0.5, 0.6) is 0 Å². The predicted octanol–water partition coefficient (Wildman–Crippen LogP) is -1.02. The molecule has 3 N–H and O–H groups in total. The Bertz CT molecular complexity index is 483. The standard InChI is InChI=1S/C10H16N6O3.Al/c11-8-7(13-19-14-8)9(17)15-3-1-5-16(10(12)18)6-2-4-15;/h1-6H2,(H4,11,12,14,18);/q;+1/p-1. The van der Waals surface area contributed by atoms with Crippen LogP contribution < -0.4 is 10.0 Å². The molecule has 0 bridgehead atoms. The maximum atomic E-state index is 12.2. The van der Waals surface area contributed by atoms with Gasteiger partial charge in [0.1, 0.15) is 0 Å². The molecule has 0 atom stereocenters. The minimum absolute atomic E-state index is 0.000992. The van der Waals surface area contributed by atoms with Gasteiger partial charge in [-0.15, -0.1) is 0 Å². The van der Waals surface area contributed by atoms with Gasteiger partial charge in [0.05, 0.1) is 0 Å². The summed E-state index contributed by atoms with van der Waals surface area (Å²) in [5.74, 6) is -0.284. The molecule has 0 spiro atoms. The third kappa shape index (κ3) is 3.21. The van der Waals surface area contributed by atoms with Crippen LogP contribution in [0.15, 0.2) is 4.63 Å². The summed E-state index contributed by atoms with van der Waals surface area (Å²) < 4.78 is 6.96. The van der Waals surface area contributed by atoms with Crippen molar-refractivity contribution in [1.82, 2.24) is 24.4 Å². The van der Waals surface area contributed by atoms with Gasteiger partial charge in [-0.3, -0.25) is 9.59 Å². The van der Waals surface area contributed by atoms with Crippen LogP contribution in [0.1, 0.15) is 23.3 Å². The molecule has 1 aromatic rings. The van der Waals surface area contributed by atoms with E-state index in [4.69, 9.17) is 5.73 Å². The third-order valence-corrected chi connectivity index (χ3v) is 3.37. The highest BCUT2D eigenvalue weighted by Crippen LogP contribution is 2.12. The lowest BCUT2D eigenvalue weighted by molar-refractivity contribution is 0.0719. The largest absolute Gasteiger partial charge is 0.446 e. The second-order valence-corrected chi connectivity index (χ2v) is 4.72. The summed E-state index contributed by atoms with van der Waals surface area (Å²) in [5, 5.41) is 6.92. The lowest BCUT2D eigenvalue weighted by Gasteiger charge is -2.30. The van der Waals surface area contributed by atoms with Gasteiger partial charge in [0.15, 0.2) is 0 Å². The highest BCUT2D eigenvalue weighted by atomic mass is 27.1. The fraction of sp³-hybridized carbons (Fsp3) is 0.600. The molecule has 2 radical (unpaired) electrons. The van der Waals surface area contributed by atoms with Crippen molar-refractivity contribution >= 4 is 34.3 Å². The third-order valence-electron chi connectivity index (χ3n) is 3.13. The van der Waals surface area contributed by atoms with Crippen LogP contribution in [0.4, 0.5) is 10.6 Å². The second-order valence-electron chi connectivity index (χ2n) is 4.43. The number of nitrogen functional groups attached to an aromatic ring is 1. The van der Waals surface area contributed by atoms with E-state index in [0.29, 0.717) is 39.0 Å². The summed E-state index contributed by atoms with van der Waals surface area (Å²) in [6.45, 7) is 2.25. The highest BCUT2D eigenvalue weighted by molar-refractivity contribution is 6.13. The molecule has 1 aromatic heterocycles. The zero-order chi connectivity index (χ0) is 14.5. The van der Waals surface area contributed by atoms with E-state index in [9.17, 15) is 9.59 Å². The molecule has 1 aliphatic rings. The van der Waals surface area contributed by atoms with E-state index in [1.807, 2.05) is 0 Å². The van der Waals surface area contributed by atoms with Gasteiger partial charge in [0.25, 0.3) is 11.9 Å². The van der Waals surface area contributed by atoms with Crippen molar-refractivity contribution in [2.45, 2.75) is 12.8 Å². The number of nitrogens with one attached hydrogen (secondary N) is 1. The summed E-state index contributed by atoms with van der Waals surface area (Å²) in [6, 6.07) is -0.125. The molecule has 20 heavy (non-hydrogen) atoms. The normalized spacial score (nSPS) is 16.4. The van der Waals surface area contributed by atoms with Crippen LogP contribution in [0.3, 0.4) is 0 Å². The number of urea groups is 1. The maximum Gasteiger partial charge on any atom is 0.313 e. The molecule has 1 aliphatic heterocycles. The van der Waals surface area contributed by atoms with Gasteiger partial charge in [0, 0.05) is 26.2 Å². The monoisotopic (exact) mass is 294 g/mol. The minimum atomic E-state index is -0.285. The molecule has 3 amide bonds. The van der Waals surface area contributed by atoms with Crippen LogP contribution in [0.25, 0.3) is 0 Å². The summed E-state index contributed by atoms with van der Waals surface area (Å²) in [6.07, 6.45) is 1.38. The molecule has 9 nitrogen and oxygen atoms in total. The van der Waals surface area contributed by atoms with Gasteiger partial charge < -0.3 is 19.8 Å². The first-order valence-electron chi connectivity index (χ1n) is 6.26. The Morgan fingerprint density at radius 3 is 2.25 bits per heavy atom. The van der Waals surface area contributed by atoms with E-state index in [0.717, 1.165) is 0 Å². The fourth-order valence-electron chi connectivity index (χ4n) is 2.12. The molecule has 1 saturated heterocycles. The first-order chi connectivity index (χ1) is 9.63. The zero-order valence-corrected chi connectivity index (χ0v) is 12.1. The first-order valence-corrected chi connectivity index (χ1v) is 6.84. The summed E-state index contributed by atoms with van der Waals surface area (Å²) >= 11 is 2.19. The number of carbonyl (C=O) groups excluding carboxylic acids is 2. The lowest BCUT2D eigenvalue weighted by Crippen LogP contribution is -2.45. The van der Waals surface area contributed by atoms with Gasteiger partial charge >= 0.3 is 16.5 Å². The van der Waals surface area contributed by atoms with Gasteiger partial charge in [-0.1, -0.05) is 0 Å². The predicted molar refractivity (Wildman–Crippen MR) is 69.7 cm³/mol. The number of aromatic nitrogens is 2. The maximum absolute atomic E-state index is 12.2. The molecular weight excluding hydrogens is 279 g/mol. The van der Waals surface area contributed by atoms with Crippen LogP contribution in [0, 0.1) is 0 Å². The molecule has 10 heteroatoms. The minimum Gasteiger partial charge on any atom is -0.446 e. The Balaban J connectivity index is 1.95. The van der Waals surface area contributed by atoms with Crippen molar-refractivity contribution in [1.29, 1.82) is 0 Å². The van der Waals surface area contributed by atoms with Crippen molar-refractivity contribution in [2.24, 2.45) is 0 Å². The molecule has 1 fully saturated rings. The number of carbonyl (C=O) groups is 2. The van der Waals surface area contributed by atoms with Crippen LogP contribution in [0.2, 0.25) is 0 Å². The number of rotatable bonds is 1. The summed E-state index contributed by atoms with van der Waals surface area (Å²) in [4.78, 5) is 27.1. The highest BCUT2D eigenvalue weighted by Gasteiger charge is 2.24. The van der Waals surface area contributed by atoms with E-state index in [1.165, 1.54) is 0 Å². The smallest absolute Gasteiger partial charge is 0.313 e. The second kappa shape index (κ2) is 6.58. The molecule has 2 heterocycles. The molecule has 2 rings (SSSR count). The molecule has 0 unspecified atom stereocenters. The summed E-state index contributed by atoms with van der Waals surface area (Å²) in [7, 11) is 0. The van der Waals surface area contributed by atoms with Crippen molar-refractivity contribution in [3.8, 4) is 0 Å². The Labute approximate surface area is 124 Å². The van der Waals surface area contributed by atoms with Gasteiger partial charge in [0.2, 0.25) is 11.5 Å². The molecular formula is C10H15AlN6O3. The summed E-state index contributed by atoms with van der Waals surface area (Å²) in [5.41, 5.74) is 5.57. The Hall–Kier alpha value is -1.79. The lowest BCUT2D eigenvalue weighted by atomic mass is 10.2. The molecule has 0 aliphatic carbocycles. The first kappa shape index (κ1) is 14.6. The van der Waals surface area contributed by atoms with E-state index in [1.54, 1.807) is 9.80 Å². The van der Waals surface area contributed by atoms with Crippen LogP contribution >= 0.6 is 0 Å². The number of hydrogen-bond donors (Lipinski definition) is 2. The van der Waals surface area contributed by atoms with Crippen molar-refractivity contribution < 1.29 is 14.2 Å². The molecule has 106 valence electrons. The van der Waals surface area contributed by atoms with Crippen molar-refractivity contribution in [3.05, 3.63) is 5.69 Å². The number of nitrogens with zero attached hydrogens (tertiary/aromatic N) is 4. The number of hydrogen-bond acceptors (Lipinski definition) is 6.